The minimum Gasteiger partial charge on any atom is -0.481 e. The molecular weight excluding hydrogens is 408 g/mol. The number of carbonyl (C=O) groups is 6. The predicted molar refractivity (Wildman–Crippen MR) is 97.9 cm³/mol. The number of carbonyl (C=O) groups excluding carboxylic acids is 3. The van der Waals surface area contributed by atoms with Crippen molar-refractivity contribution in [3.05, 3.63) is 0 Å². The molecule has 14 nitrogen and oxygen atoms in total. The van der Waals surface area contributed by atoms with Crippen LogP contribution < -0.4 is 21.7 Å². The summed E-state index contributed by atoms with van der Waals surface area (Å²) in [6, 6.07) is -5.97. The standard InChI is InChI=1S/C16H26N4O10/c1-6(16(29)30)18-14(27)9(3-4-10(22)23)19-15(28)12(7(2)21)20-13(26)8(17)5-11(24)25/h6-9,12,21H,3-5,17H2,1-2H3,(H,18,27)(H,19,28)(H,20,26)(H,22,23)(H,24,25)(H,29,30). The summed E-state index contributed by atoms with van der Waals surface area (Å²) in [6.45, 7) is 2.28. The minimum absolute atomic E-state index is 0.405. The highest BCUT2D eigenvalue weighted by molar-refractivity contribution is 5.95. The summed E-state index contributed by atoms with van der Waals surface area (Å²) in [6.07, 6.45) is -3.18. The lowest BCUT2D eigenvalue weighted by atomic mass is 10.1. The van der Waals surface area contributed by atoms with Crippen LogP contribution in [0.5, 0.6) is 0 Å². The van der Waals surface area contributed by atoms with Gasteiger partial charge in [0.15, 0.2) is 0 Å². The molecule has 0 saturated heterocycles. The van der Waals surface area contributed by atoms with Gasteiger partial charge >= 0.3 is 17.9 Å². The number of nitrogens with two attached hydrogens (primary N) is 1. The zero-order valence-electron chi connectivity index (χ0n) is 16.3. The van der Waals surface area contributed by atoms with Gasteiger partial charge in [-0.15, -0.1) is 0 Å². The second-order valence-corrected chi connectivity index (χ2v) is 6.49. The topological polar surface area (TPSA) is 245 Å². The summed E-state index contributed by atoms with van der Waals surface area (Å²) in [5, 5.41) is 42.4. The molecule has 3 amide bonds. The van der Waals surface area contributed by atoms with Gasteiger partial charge in [0.2, 0.25) is 17.7 Å². The molecule has 14 heteroatoms. The number of aliphatic hydroxyl groups excluding tert-OH is 1. The summed E-state index contributed by atoms with van der Waals surface area (Å²) in [7, 11) is 0. The maximum absolute atomic E-state index is 12.5. The van der Waals surface area contributed by atoms with E-state index in [1.807, 2.05) is 0 Å². The molecule has 0 aromatic carbocycles. The van der Waals surface area contributed by atoms with Crippen molar-refractivity contribution in [3.63, 3.8) is 0 Å². The Morgan fingerprint density at radius 3 is 1.83 bits per heavy atom. The summed E-state index contributed by atoms with van der Waals surface area (Å²) >= 11 is 0. The molecule has 5 unspecified atom stereocenters. The van der Waals surface area contributed by atoms with Crippen LogP contribution in [-0.2, 0) is 28.8 Å². The largest absolute Gasteiger partial charge is 0.481 e. The van der Waals surface area contributed by atoms with Crippen molar-refractivity contribution >= 4 is 35.6 Å². The Labute approximate surface area is 170 Å². The van der Waals surface area contributed by atoms with Gasteiger partial charge in [0.25, 0.3) is 0 Å². The third-order valence-electron chi connectivity index (χ3n) is 3.80. The SMILES string of the molecule is CC(NC(=O)C(CCC(=O)O)NC(=O)C(NC(=O)C(N)CC(=O)O)C(C)O)C(=O)O. The summed E-state index contributed by atoms with van der Waals surface area (Å²) in [5.41, 5.74) is 5.39. The quantitative estimate of drug-likeness (QED) is 0.142. The second-order valence-electron chi connectivity index (χ2n) is 6.49. The van der Waals surface area contributed by atoms with E-state index in [-0.39, 0.29) is 0 Å². The molecule has 0 saturated carbocycles. The predicted octanol–water partition coefficient (Wildman–Crippen LogP) is -3.41. The summed E-state index contributed by atoms with van der Waals surface area (Å²) in [4.78, 5) is 68.9. The maximum atomic E-state index is 12.5. The van der Waals surface area contributed by atoms with Crippen molar-refractivity contribution in [3.8, 4) is 0 Å². The van der Waals surface area contributed by atoms with Crippen LogP contribution in [0.25, 0.3) is 0 Å². The van der Waals surface area contributed by atoms with Gasteiger partial charge < -0.3 is 42.1 Å². The van der Waals surface area contributed by atoms with E-state index in [0.717, 1.165) is 13.8 Å². The van der Waals surface area contributed by atoms with E-state index in [1.165, 1.54) is 0 Å². The Hall–Kier alpha value is -3.26. The number of aliphatic carboxylic acids is 3. The molecule has 0 aliphatic carbocycles. The Morgan fingerprint density at radius 2 is 1.40 bits per heavy atom. The molecule has 0 spiro atoms. The molecule has 5 atom stereocenters. The lowest BCUT2D eigenvalue weighted by Crippen LogP contribution is -2.59. The number of carboxylic acid groups (broad SMARTS) is 3. The summed E-state index contributed by atoms with van der Waals surface area (Å²) in [5.74, 6) is -7.15. The van der Waals surface area contributed by atoms with Crippen LogP contribution in [0.15, 0.2) is 0 Å². The van der Waals surface area contributed by atoms with Crippen molar-refractivity contribution in [2.75, 3.05) is 0 Å². The molecule has 170 valence electrons. The first-order valence-corrected chi connectivity index (χ1v) is 8.77. The van der Waals surface area contributed by atoms with Crippen molar-refractivity contribution in [1.29, 1.82) is 0 Å². The highest BCUT2D eigenvalue weighted by Crippen LogP contribution is 2.03. The van der Waals surface area contributed by atoms with Crippen LogP contribution in [0.2, 0.25) is 0 Å². The number of hydrogen-bond acceptors (Lipinski definition) is 8. The van der Waals surface area contributed by atoms with Crippen molar-refractivity contribution in [2.24, 2.45) is 5.73 Å². The number of nitrogens with one attached hydrogen (secondary N) is 3. The Morgan fingerprint density at radius 1 is 0.833 bits per heavy atom. The Bertz CT molecular complexity index is 681. The lowest BCUT2D eigenvalue weighted by molar-refractivity contribution is -0.142. The van der Waals surface area contributed by atoms with Gasteiger partial charge in [-0.2, -0.15) is 0 Å². The van der Waals surface area contributed by atoms with Crippen molar-refractivity contribution in [1.82, 2.24) is 16.0 Å². The molecular formula is C16H26N4O10. The van der Waals surface area contributed by atoms with E-state index in [2.05, 4.69) is 16.0 Å². The number of hydrogen-bond donors (Lipinski definition) is 8. The first-order valence-electron chi connectivity index (χ1n) is 8.77. The molecule has 9 N–H and O–H groups in total. The fraction of sp³-hybridized carbons (Fsp3) is 0.625. The van der Waals surface area contributed by atoms with Gasteiger partial charge in [0.1, 0.15) is 18.1 Å². The third kappa shape index (κ3) is 9.79. The molecule has 0 aliphatic rings. The minimum atomic E-state index is -1.64. The van der Waals surface area contributed by atoms with Gasteiger partial charge in [-0.3, -0.25) is 28.8 Å². The molecule has 0 bridgehead atoms. The highest BCUT2D eigenvalue weighted by Gasteiger charge is 2.32. The molecule has 0 fully saturated rings. The van der Waals surface area contributed by atoms with Gasteiger partial charge in [-0.25, -0.2) is 0 Å². The zero-order valence-corrected chi connectivity index (χ0v) is 16.3. The van der Waals surface area contributed by atoms with Gasteiger partial charge in [0, 0.05) is 6.42 Å². The maximum Gasteiger partial charge on any atom is 0.325 e. The van der Waals surface area contributed by atoms with Gasteiger partial charge in [-0.1, -0.05) is 0 Å². The monoisotopic (exact) mass is 434 g/mol. The highest BCUT2D eigenvalue weighted by atomic mass is 16.4. The summed E-state index contributed by atoms with van der Waals surface area (Å²) < 4.78 is 0. The molecule has 0 aromatic rings. The fourth-order valence-electron chi connectivity index (χ4n) is 2.12. The fourth-order valence-corrected chi connectivity index (χ4v) is 2.12. The smallest absolute Gasteiger partial charge is 0.325 e. The van der Waals surface area contributed by atoms with Crippen LogP contribution in [0, 0.1) is 0 Å². The van der Waals surface area contributed by atoms with E-state index in [4.69, 9.17) is 21.1 Å². The Balaban J connectivity index is 5.34. The zero-order chi connectivity index (χ0) is 23.6. The first-order chi connectivity index (χ1) is 13.8. The lowest BCUT2D eigenvalue weighted by Gasteiger charge is -2.25. The Kier molecular flexibility index (Phi) is 11.0. The average molecular weight is 434 g/mol. The van der Waals surface area contributed by atoms with Crippen LogP contribution in [0.3, 0.4) is 0 Å². The molecule has 0 aliphatic heterocycles. The number of amides is 3. The van der Waals surface area contributed by atoms with E-state index in [9.17, 15) is 33.9 Å². The third-order valence-corrected chi connectivity index (χ3v) is 3.80. The van der Waals surface area contributed by atoms with Gasteiger partial charge in [0.05, 0.1) is 18.6 Å². The molecule has 0 rings (SSSR count). The van der Waals surface area contributed by atoms with Crippen LogP contribution in [0.4, 0.5) is 0 Å². The van der Waals surface area contributed by atoms with Crippen LogP contribution >= 0.6 is 0 Å². The van der Waals surface area contributed by atoms with Crippen LogP contribution in [0.1, 0.15) is 33.1 Å². The van der Waals surface area contributed by atoms with Crippen molar-refractivity contribution in [2.45, 2.75) is 63.4 Å². The number of carboxylic acids is 3. The number of rotatable bonds is 13. The number of aliphatic hydroxyl groups is 1. The average Bonchev–Trinajstić information content (AvgIpc) is 2.61. The van der Waals surface area contributed by atoms with E-state index >= 15 is 0 Å². The molecule has 0 heterocycles. The van der Waals surface area contributed by atoms with E-state index in [1.54, 1.807) is 0 Å². The van der Waals surface area contributed by atoms with E-state index < -0.39 is 85.2 Å². The molecule has 30 heavy (non-hydrogen) atoms. The van der Waals surface area contributed by atoms with Gasteiger partial charge in [-0.05, 0) is 20.3 Å². The van der Waals surface area contributed by atoms with E-state index in [0.29, 0.717) is 0 Å². The molecule has 0 radical (unpaired) electrons. The van der Waals surface area contributed by atoms with Crippen molar-refractivity contribution < 1.29 is 49.2 Å². The van der Waals surface area contributed by atoms with Crippen LogP contribution in [-0.4, -0.2) is 86.3 Å². The first kappa shape index (κ1) is 26.7. The normalized spacial score (nSPS) is 15.6. The molecule has 0 aromatic heterocycles. The second kappa shape index (κ2) is 12.3.